The summed E-state index contributed by atoms with van der Waals surface area (Å²) in [7, 11) is 0. The largest absolute Gasteiger partial charge is 0.382 e. The molecule has 17 heavy (non-hydrogen) atoms. The monoisotopic (exact) mass is 233 g/mol. The highest BCUT2D eigenvalue weighted by molar-refractivity contribution is 5.25. The van der Waals surface area contributed by atoms with Crippen LogP contribution >= 0.6 is 0 Å². The van der Waals surface area contributed by atoms with Crippen molar-refractivity contribution < 1.29 is 0 Å². The van der Waals surface area contributed by atoms with Crippen LogP contribution in [0.25, 0.3) is 0 Å². The van der Waals surface area contributed by atoms with E-state index >= 15 is 0 Å². The zero-order valence-corrected chi connectivity index (χ0v) is 9.97. The minimum atomic E-state index is 0.331. The Morgan fingerprint density at radius 1 is 1.35 bits per heavy atom. The molecule has 1 aliphatic heterocycles. The van der Waals surface area contributed by atoms with Gasteiger partial charge in [-0.2, -0.15) is 5.10 Å². The molecule has 0 aromatic carbocycles. The number of anilines is 1. The van der Waals surface area contributed by atoms with Crippen molar-refractivity contribution >= 4 is 5.82 Å². The van der Waals surface area contributed by atoms with E-state index in [2.05, 4.69) is 15.1 Å². The van der Waals surface area contributed by atoms with E-state index in [4.69, 9.17) is 11.5 Å². The quantitative estimate of drug-likeness (QED) is 0.771. The highest BCUT2D eigenvalue weighted by Gasteiger charge is 2.48. The van der Waals surface area contributed by atoms with Crippen molar-refractivity contribution in [3.63, 3.8) is 0 Å². The minimum Gasteiger partial charge on any atom is -0.382 e. The summed E-state index contributed by atoms with van der Waals surface area (Å²) in [4.78, 5) is 2.39. The van der Waals surface area contributed by atoms with Crippen LogP contribution in [0.1, 0.15) is 25.0 Å². The minimum absolute atomic E-state index is 0.331. The number of hydrogen-bond donors (Lipinski definition) is 2. The summed E-state index contributed by atoms with van der Waals surface area (Å²) in [6.07, 6.45) is 3.92. The fourth-order valence-electron chi connectivity index (χ4n) is 3.06. The van der Waals surface area contributed by atoms with Crippen LogP contribution in [0.15, 0.2) is 12.1 Å². The Balaban J connectivity index is 1.65. The average molecular weight is 233 g/mol. The number of rotatable bonds is 2. The van der Waals surface area contributed by atoms with Gasteiger partial charge in [-0.3, -0.25) is 4.90 Å². The van der Waals surface area contributed by atoms with E-state index < -0.39 is 0 Å². The van der Waals surface area contributed by atoms with Crippen LogP contribution in [0.2, 0.25) is 0 Å². The number of nitrogens with two attached hydrogens (primary N) is 2. The summed E-state index contributed by atoms with van der Waals surface area (Å²) in [6.45, 7) is 2.93. The molecule has 1 saturated heterocycles. The van der Waals surface area contributed by atoms with Gasteiger partial charge in [-0.1, -0.05) is 6.42 Å². The van der Waals surface area contributed by atoms with Crippen molar-refractivity contribution in [1.29, 1.82) is 0 Å². The van der Waals surface area contributed by atoms with Crippen LogP contribution in [0, 0.1) is 5.41 Å². The molecule has 1 aromatic heterocycles. The highest BCUT2D eigenvalue weighted by Crippen LogP contribution is 2.47. The predicted octanol–water partition coefficient (Wildman–Crippen LogP) is 0.372. The summed E-state index contributed by atoms with van der Waals surface area (Å²) in [5, 5.41) is 7.98. The van der Waals surface area contributed by atoms with Crippen LogP contribution < -0.4 is 11.5 Å². The molecule has 0 amide bonds. The van der Waals surface area contributed by atoms with Crippen molar-refractivity contribution in [3.05, 3.63) is 17.8 Å². The van der Waals surface area contributed by atoms with Gasteiger partial charge in [-0.15, -0.1) is 5.10 Å². The second-order valence-electron chi connectivity index (χ2n) is 5.44. The SMILES string of the molecule is Nc1ccc(CN2CC(N)C3(CCC3)C2)nn1. The molecule has 1 spiro atoms. The summed E-state index contributed by atoms with van der Waals surface area (Å²) in [5.41, 5.74) is 13.1. The zero-order chi connectivity index (χ0) is 11.9. The fourth-order valence-corrected chi connectivity index (χ4v) is 3.06. The van der Waals surface area contributed by atoms with Gasteiger partial charge < -0.3 is 11.5 Å². The van der Waals surface area contributed by atoms with Crippen LogP contribution in [-0.2, 0) is 6.54 Å². The highest BCUT2D eigenvalue weighted by atomic mass is 15.2. The second kappa shape index (κ2) is 3.92. The van der Waals surface area contributed by atoms with Crippen LogP contribution in [0.4, 0.5) is 5.82 Å². The summed E-state index contributed by atoms with van der Waals surface area (Å²) in [5.74, 6) is 0.474. The third-order valence-corrected chi connectivity index (χ3v) is 4.26. The van der Waals surface area contributed by atoms with Gasteiger partial charge in [-0.05, 0) is 30.4 Å². The van der Waals surface area contributed by atoms with Crippen LogP contribution in [0.3, 0.4) is 0 Å². The number of likely N-dealkylation sites (tertiary alicyclic amines) is 1. The predicted molar refractivity (Wildman–Crippen MR) is 66.0 cm³/mol. The maximum atomic E-state index is 6.25. The van der Waals surface area contributed by atoms with Crippen LogP contribution in [-0.4, -0.2) is 34.2 Å². The molecule has 1 unspecified atom stereocenters. The molecule has 3 rings (SSSR count). The third-order valence-electron chi connectivity index (χ3n) is 4.26. The van der Waals surface area contributed by atoms with E-state index in [-0.39, 0.29) is 0 Å². The smallest absolute Gasteiger partial charge is 0.146 e. The van der Waals surface area contributed by atoms with E-state index in [9.17, 15) is 0 Å². The van der Waals surface area contributed by atoms with Crippen molar-refractivity contribution in [3.8, 4) is 0 Å². The maximum absolute atomic E-state index is 6.25. The molecule has 2 aliphatic rings. The molecule has 1 aliphatic carbocycles. The van der Waals surface area contributed by atoms with E-state index in [0.29, 0.717) is 17.3 Å². The van der Waals surface area contributed by atoms with Crippen molar-refractivity contribution in [2.75, 3.05) is 18.8 Å². The van der Waals surface area contributed by atoms with E-state index in [0.717, 1.165) is 25.3 Å². The molecule has 92 valence electrons. The first-order valence-electron chi connectivity index (χ1n) is 6.24. The number of aromatic nitrogens is 2. The van der Waals surface area contributed by atoms with Gasteiger partial charge in [0.25, 0.3) is 0 Å². The topological polar surface area (TPSA) is 81.1 Å². The lowest BCUT2D eigenvalue weighted by Crippen LogP contribution is -2.45. The van der Waals surface area contributed by atoms with Gasteiger partial charge in [-0.25, -0.2) is 0 Å². The first-order chi connectivity index (χ1) is 8.18. The molecular weight excluding hydrogens is 214 g/mol. The Morgan fingerprint density at radius 3 is 2.71 bits per heavy atom. The van der Waals surface area contributed by atoms with Gasteiger partial charge in [0.1, 0.15) is 5.82 Å². The Bertz CT molecular complexity index is 398. The van der Waals surface area contributed by atoms with Gasteiger partial charge in [0.15, 0.2) is 0 Å². The molecule has 5 heteroatoms. The van der Waals surface area contributed by atoms with Crippen LogP contribution in [0.5, 0.6) is 0 Å². The Hall–Kier alpha value is -1.20. The Morgan fingerprint density at radius 2 is 2.18 bits per heavy atom. The lowest BCUT2D eigenvalue weighted by molar-refractivity contribution is 0.121. The summed E-state index contributed by atoms with van der Waals surface area (Å²) < 4.78 is 0. The van der Waals surface area contributed by atoms with Gasteiger partial charge >= 0.3 is 0 Å². The molecule has 1 saturated carbocycles. The standard InChI is InChI=1S/C12H19N5/c13-10-7-17(8-12(10)4-1-5-12)6-9-2-3-11(14)16-15-9/h2-3,10H,1,4-8,13H2,(H2,14,16). The number of nitrogens with zero attached hydrogens (tertiary/aromatic N) is 3. The molecular formula is C12H19N5. The fraction of sp³-hybridized carbons (Fsp3) is 0.667. The molecule has 2 fully saturated rings. The lowest BCUT2D eigenvalue weighted by atomic mass is 9.66. The van der Waals surface area contributed by atoms with E-state index in [1.807, 2.05) is 6.07 Å². The lowest BCUT2D eigenvalue weighted by Gasteiger charge is -2.41. The second-order valence-corrected chi connectivity index (χ2v) is 5.44. The zero-order valence-electron chi connectivity index (χ0n) is 9.97. The Kier molecular flexibility index (Phi) is 2.52. The molecule has 0 radical (unpaired) electrons. The Labute approximate surface area is 101 Å². The van der Waals surface area contributed by atoms with E-state index in [1.165, 1.54) is 19.3 Å². The third kappa shape index (κ3) is 1.89. The first kappa shape index (κ1) is 10.9. The maximum Gasteiger partial charge on any atom is 0.146 e. The molecule has 2 heterocycles. The molecule has 4 N–H and O–H groups in total. The normalized spacial score (nSPS) is 27.2. The van der Waals surface area contributed by atoms with Gasteiger partial charge in [0.2, 0.25) is 0 Å². The molecule has 1 atom stereocenters. The molecule has 0 bridgehead atoms. The van der Waals surface area contributed by atoms with Crippen molar-refractivity contribution in [2.24, 2.45) is 11.1 Å². The number of nitrogen functional groups attached to an aromatic ring is 1. The van der Waals surface area contributed by atoms with Gasteiger partial charge in [0, 0.05) is 25.7 Å². The average Bonchev–Trinajstić information content (AvgIpc) is 2.58. The van der Waals surface area contributed by atoms with Crippen molar-refractivity contribution in [1.82, 2.24) is 15.1 Å². The van der Waals surface area contributed by atoms with E-state index in [1.54, 1.807) is 6.07 Å². The summed E-state index contributed by atoms with van der Waals surface area (Å²) >= 11 is 0. The summed E-state index contributed by atoms with van der Waals surface area (Å²) in [6, 6.07) is 4.08. The molecule has 5 nitrogen and oxygen atoms in total. The first-order valence-corrected chi connectivity index (χ1v) is 6.24. The van der Waals surface area contributed by atoms with Gasteiger partial charge in [0.05, 0.1) is 5.69 Å². The molecule has 1 aromatic rings. The van der Waals surface area contributed by atoms with Crippen molar-refractivity contribution in [2.45, 2.75) is 31.8 Å². The number of hydrogen-bond acceptors (Lipinski definition) is 5.